The lowest BCUT2D eigenvalue weighted by atomic mass is 10.2. The van der Waals surface area contributed by atoms with Gasteiger partial charge in [-0.1, -0.05) is 5.21 Å². The summed E-state index contributed by atoms with van der Waals surface area (Å²) in [6, 6.07) is 5.39. The number of tetrazole rings is 1. The molecule has 0 aliphatic carbocycles. The van der Waals surface area contributed by atoms with Crippen LogP contribution in [0.2, 0.25) is 0 Å². The van der Waals surface area contributed by atoms with E-state index in [4.69, 9.17) is 10.5 Å². The zero-order valence-electron chi connectivity index (χ0n) is 8.77. The van der Waals surface area contributed by atoms with Crippen LogP contribution in [0, 0.1) is 0 Å². The number of benzene rings is 1. The van der Waals surface area contributed by atoms with Crippen molar-refractivity contribution in [2.45, 2.75) is 6.54 Å². The lowest BCUT2D eigenvalue weighted by molar-refractivity contribution is 0.415. The van der Waals surface area contributed by atoms with Crippen molar-refractivity contribution in [1.82, 2.24) is 20.6 Å². The van der Waals surface area contributed by atoms with E-state index in [2.05, 4.69) is 25.9 Å². The van der Waals surface area contributed by atoms with Gasteiger partial charge in [0.05, 0.1) is 25.0 Å². The number of aromatic amines is 1. The maximum Gasteiger partial charge on any atom is 0.193 e. The molecule has 1 aromatic heterocycles. The van der Waals surface area contributed by atoms with E-state index >= 15 is 0 Å². The van der Waals surface area contributed by atoms with Gasteiger partial charge in [0.15, 0.2) is 5.82 Å². The van der Waals surface area contributed by atoms with Gasteiger partial charge in [-0.3, -0.25) is 0 Å². The van der Waals surface area contributed by atoms with Crippen LogP contribution in [0.3, 0.4) is 0 Å². The van der Waals surface area contributed by atoms with Crippen molar-refractivity contribution < 1.29 is 4.74 Å². The van der Waals surface area contributed by atoms with E-state index in [9.17, 15) is 0 Å². The molecule has 0 aliphatic rings. The third kappa shape index (κ3) is 2.19. The van der Waals surface area contributed by atoms with Gasteiger partial charge in [0, 0.05) is 6.07 Å². The number of nitrogen functional groups attached to an aromatic ring is 1. The molecule has 84 valence electrons. The summed E-state index contributed by atoms with van der Waals surface area (Å²) in [5.41, 5.74) is 7.23. The monoisotopic (exact) mass is 220 g/mol. The van der Waals surface area contributed by atoms with Crippen molar-refractivity contribution in [2.24, 2.45) is 0 Å². The first-order valence-corrected chi connectivity index (χ1v) is 4.69. The number of H-pyrrole nitrogens is 1. The highest BCUT2D eigenvalue weighted by Gasteiger charge is 2.03. The first-order valence-electron chi connectivity index (χ1n) is 4.69. The van der Waals surface area contributed by atoms with Gasteiger partial charge in [-0.2, -0.15) is 5.21 Å². The van der Waals surface area contributed by atoms with Crippen molar-refractivity contribution in [2.75, 3.05) is 18.2 Å². The normalized spacial score (nSPS) is 10.1. The fourth-order valence-corrected chi connectivity index (χ4v) is 1.25. The molecule has 0 unspecified atom stereocenters. The van der Waals surface area contributed by atoms with Crippen LogP contribution in [0.1, 0.15) is 5.82 Å². The summed E-state index contributed by atoms with van der Waals surface area (Å²) in [6.45, 7) is 0.452. The Morgan fingerprint density at radius 2 is 2.38 bits per heavy atom. The largest absolute Gasteiger partial charge is 0.497 e. The average molecular weight is 220 g/mol. The Kier molecular flexibility index (Phi) is 2.86. The van der Waals surface area contributed by atoms with Crippen molar-refractivity contribution in [3.63, 3.8) is 0 Å². The maximum absolute atomic E-state index is 5.80. The predicted molar refractivity (Wildman–Crippen MR) is 58.9 cm³/mol. The topological polar surface area (TPSA) is 102 Å². The fourth-order valence-electron chi connectivity index (χ4n) is 1.25. The second-order valence-electron chi connectivity index (χ2n) is 3.13. The molecule has 0 aliphatic heterocycles. The molecule has 1 aromatic carbocycles. The number of nitrogens with two attached hydrogens (primary N) is 1. The molecule has 1 heterocycles. The number of nitrogens with zero attached hydrogens (tertiary/aromatic N) is 3. The van der Waals surface area contributed by atoms with E-state index in [1.807, 2.05) is 6.07 Å². The van der Waals surface area contributed by atoms with Gasteiger partial charge < -0.3 is 15.8 Å². The van der Waals surface area contributed by atoms with E-state index in [1.165, 1.54) is 0 Å². The summed E-state index contributed by atoms with van der Waals surface area (Å²) < 4.78 is 5.10. The highest BCUT2D eigenvalue weighted by atomic mass is 16.5. The van der Waals surface area contributed by atoms with Gasteiger partial charge in [0.25, 0.3) is 0 Å². The summed E-state index contributed by atoms with van der Waals surface area (Å²) in [5.74, 6) is 1.31. The van der Waals surface area contributed by atoms with Gasteiger partial charge in [0.2, 0.25) is 0 Å². The number of nitrogens with one attached hydrogen (secondary N) is 2. The Morgan fingerprint density at radius 3 is 3.06 bits per heavy atom. The minimum Gasteiger partial charge on any atom is -0.497 e. The van der Waals surface area contributed by atoms with E-state index in [0.29, 0.717) is 18.1 Å². The first-order chi connectivity index (χ1) is 7.79. The van der Waals surface area contributed by atoms with Gasteiger partial charge in [-0.05, 0) is 12.1 Å². The van der Waals surface area contributed by atoms with Crippen LogP contribution in [-0.2, 0) is 6.54 Å². The zero-order valence-corrected chi connectivity index (χ0v) is 8.77. The van der Waals surface area contributed by atoms with Gasteiger partial charge in [0.1, 0.15) is 5.75 Å². The van der Waals surface area contributed by atoms with E-state index < -0.39 is 0 Å². The first kappa shape index (κ1) is 10.2. The number of anilines is 2. The molecule has 0 bridgehead atoms. The Balaban J connectivity index is 2.08. The van der Waals surface area contributed by atoms with Crippen LogP contribution in [0.4, 0.5) is 11.4 Å². The lowest BCUT2D eigenvalue weighted by Gasteiger charge is -2.09. The van der Waals surface area contributed by atoms with E-state index in [0.717, 1.165) is 11.4 Å². The third-order valence-electron chi connectivity index (χ3n) is 2.09. The van der Waals surface area contributed by atoms with Gasteiger partial charge in [-0.25, -0.2) is 0 Å². The summed E-state index contributed by atoms with van der Waals surface area (Å²) in [6.07, 6.45) is 0. The number of aromatic nitrogens is 4. The number of ether oxygens (including phenoxy) is 1. The van der Waals surface area contributed by atoms with Gasteiger partial charge >= 0.3 is 0 Å². The number of hydrogen-bond donors (Lipinski definition) is 3. The van der Waals surface area contributed by atoms with Crippen LogP contribution >= 0.6 is 0 Å². The molecule has 16 heavy (non-hydrogen) atoms. The van der Waals surface area contributed by atoms with Crippen LogP contribution < -0.4 is 15.8 Å². The molecular weight excluding hydrogens is 208 g/mol. The third-order valence-corrected chi connectivity index (χ3v) is 2.09. The van der Waals surface area contributed by atoms with Crippen LogP contribution in [0.5, 0.6) is 5.75 Å². The summed E-state index contributed by atoms with van der Waals surface area (Å²) in [7, 11) is 1.61. The maximum atomic E-state index is 5.80. The van der Waals surface area contributed by atoms with Crippen molar-refractivity contribution in [3.05, 3.63) is 24.0 Å². The number of methoxy groups -OCH3 is 1. The summed E-state index contributed by atoms with van der Waals surface area (Å²) >= 11 is 0. The molecule has 0 amide bonds. The van der Waals surface area contributed by atoms with Crippen molar-refractivity contribution in [1.29, 1.82) is 0 Å². The molecule has 2 rings (SSSR count). The fraction of sp³-hybridized carbons (Fsp3) is 0.222. The van der Waals surface area contributed by atoms with E-state index in [-0.39, 0.29) is 0 Å². The van der Waals surface area contributed by atoms with Crippen LogP contribution in [-0.4, -0.2) is 27.7 Å². The summed E-state index contributed by atoms with van der Waals surface area (Å²) in [5, 5.41) is 16.6. The molecule has 4 N–H and O–H groups in total. The lowest BCUT2D eigenvalue weighted by Crippen LogP contribution is -2.04. The molecule has 0 atom stereocenters. The Hall–Kier alpha value is -2.31. The SMILES string of the molecule is COc1ccc(N)c(NCc2nn[nH]n2)c1. The van der Waals surface area contributed by atoms with Crippen molar-refractivity contribution >= 4 is 11.4 Å². The Labute approximate surface area is 92.0 Å². The van der Waals surface area contributed by atoms with E-state index in [1.54, 1.807) is 19.2 Å². The standard InChI is InChI=1S/C9H12N6O/c1-16-6-2-3-7(10)8(4-6)11-5-9-12-14-15-13-9/h2-4,11H,5,10H2,1H3,(H,12,13,14,15). The predicted octanol–water partition coefficient (Wildman–Crippen LogP) is 0.403. The second kappa shape index (κ2) is 4.47. The summed E-state index contributed by atoms with van der Waals surface area (Å²) in [4.78, 5) is 0. The van der Waals surface area contributed by atoms with Crippen molar-refractivity contribution in [3.8, 4) is 5.75 Å². The molecule has 7 heteroatoms. The molecule has 7 nitrogen and oxygen atoms in total. The minimum absolute atomic E-state index is 0.452. The Morgan fingerprint density at radius 1 is 1.50 bits per heavy atom. The highest BCUT2D eigenvalue weighted by molar-refractivity contribution is 5.68. The molecule has 0 saturated carbocycles. The smallest absolute Gasteiger partial charge is 0.193 e. The molecule has 0 fully saturated rings. The van der Waals surface area contributed by atoms with Crippen LogP contribution in [0.25, 0.3) is 0 Å². The zero-order chi connectivity index (χ0) is 11.4. The Bertz CT molecular complexity index is 455. The number of hydrogen-bond acceptors (Lipinski definition) is 6. The van der Waals surface area contributed by atoms with Gasteiger partial charge in [-0.15, -0.1) is 10.2 Å². The van der Waals surface area contributed by atoms with Crippen LogP contribution in [0.15, 0.2) is 18.2 Å². The molecule has 0 saturated heterocycles. The molecule has 2 aromatic rings. The average Bonchev–Trinajstić information content (AvgIpc) is 2.81. The molecule has 0 radical (unpaired) electrons. The second-order valence-corrected chi connectivity index (χ2v) is 3.13. The number of rotatable bonds is 4. The molecule has 0 spiro atoms. The minimum atomic E-state index is 0.452. The quantitative estimate of drug-likeness (QED) is 0.645. The highest BCUT2D eigenvalue weighted by Crippen LogP contribution is 2.24. The molecular formula is C9H12N6O.